The van der Waals surface area contributed by atoms with Gasteiger partial charge in [-0.15, -0.1) is 0 Å². The Hall–Kier alpha value is -2.05. The van der Waals surface area contributed by atoms with E-state index in [-0.39, 0.29) is 0 Å². The van der Waals surface area contributed by atoms with Gasteiger partial charge in [0.25, 0.3) is 0 Å². The van der Waals surface area contributed by atoms with E-state index in [1.807, 2.05) is 6.20 Å². The van der Waals surface area contributed by atoms with Gasteiger partial charge in [0.1, 0.15) is 23.2 Å². The molecule has 0 aliphatic rings. The van der Waals surface area contributed by atoms with Gasteiger partial charge in [0, 0.05) is 6.07 Å². The lowest BCUT2D eigenvalue weighted by Gasteiger charge is -2.30. The Labute approximate surface area is 132 Å². The minimum Gasteiger partial charge on any atom is -0.159 e. The standard InChI is InChI=1S/C19H20N2P/c1-16(2)22(17-9-5-3-6-10-17,18-11-7-4-8-12-18)19-13-14-20-21-15-19/h3-16H,1-2H3/q+1. The van der Waals surface area contributed by atoms with Crippen LogP contribution >= 0.6 is 7.26 Å². The molecule has 0 radical (unpaired) electrons. The number of aromatic nitrogens is 2. The molecule has 0 aliphatic carbocycles. The molecule has 0 fully saturated rings. The van der Waals surface area contributed by atoms with Crippen molar-refractivity contribution in [2.24, 2.45) is 0 Å². The summed E-state index contributed by atoms with van der Waals surface area (Å²) < 4.78 is 0. The fourth-order valence-electron chi connectivity index (χ4n) is 3.16. The fourth-order valence-corrected chi connectivity index (χ4v) is 7.66. The predicted molar refractivity (Wildman–Crippen MR) is 95.9 cm³/mol. The fraction of sp³-hybridized carbons (Fsp3) is 0.158. The molecule has 110 valence electrons. The molecule has 22 heavy (non-hydrogen) atoms. The summed E-state index contributed by atoms with van der Waals surface area (Å²) in [5.41, 5.74) is 0.487. The van der Waals surface area contributed by atoms with Gasteiger partial charge < -0.3 is 0 Å². The number of rotatable bonds is 4. The van der Waals surface area contributed by atoms with Crippen LogP contribution in [0.1, 0.15) is 13.8 Å². The molecule has 0 spiro atoms. The first-order valence-corrected chi connectivity index (χ1v) is 9.39. The molecule has 0 bridgehead atoms. The zero-order chi connectivity index (χ0) is 15.4. The number of nitrogens with zero attached hydrogens (tertiary/aromatic N) is 2. The molecule has 0 aliphatic heterocycles. The summed E-state index contributed by atoms with van der Waals surface area (Å²) in [5.74, 6) is 0. The average molecular weight is 307 g/mol. The smallest absolute Gasteiger partial charge is 0.126 e. The summed E-state index contributed by atoms with van der Waals surface area (Å²) in [5, 5.41) is 12.2. The highest BCUT2D eigenvalue weighted by Crippen LogP contribution is 2.59. The highest BCUT2D eigenvalue weighted by Gasteiger charge is 2.48. The Balaban J connectivity index is 2.34. The second-order valence-corrected chi connectivity index (χ2v) is 9.62. The summed E-state index contributed by atoms with van der Waals surface area (Å²) in [4.78, 5) is 0. The van der Waals surface area contributed by atoms with Crippen LogP contribution in [0.3, 0.4) is 0 Å². The van der Waals surface area contributed by atoms with Crippen molar-refractivity contribution in [3.63, 3.8) is 0 Å². The second kappa shape index (κ2) is 6.37. The highest BCUT2D eigenvalue weighted by atomic mass is 31.2. The van der Waals surface area contributed by atoms with Crippen LogP contribution in [0.2, 0.25) is 0 Å². The van der Waals surface area contributed by atoms with Gasteiger partial charge >= 0.3 is 0 Å². The molecule has 3 heteroatoms. The molecule has 1 aromatic heterocycles. The van der Waals surface area contributed by atoms with Crippen LogP contribution in [0.25, 0.3) is 0 Å². The first-order valence-electron chi connectivity index (χ1n) is 7.53. The van der Waals surface area contributed by atoms with Crippen molar-refractivity contribution in [1.29, 1.82) is 0 Å². The molecule has 0 atom stereocenters. The minimum absolute atomic E-state index is 0.487. The molecule has 3 aromatic rings. The zero-order valence-electron chi connectivity index (χ0n) is 12.9. The number of hydrogen-bond acceptors (Lipinski definition) is 2. The molecular weight excluding hydrogens is 287 g/mol. The Morgan fingerprint density at radius 2 is 1.23 bits per heavy atom. The second-order valence-electron chi connectivity index (χ2n) is 5.59. The van der Waals surface area contributed by atoms with Gasteiger partial charge in [-0.25, -0.2) is 0 Å². The van der Waals surface area contributed by atoms with E-state index in [0.29, 0.717) is 5.66 Å². The summed E-state index contributed by atoms with van der Waals surface area (Å²) in [6.07, 6.45) is 3.74. The lowest BCUT2D eigenvalue weighted by atomic mass is 10.4. The van der Waals surface area contributed by atoms with Gasteiger partial charge in [0.2, 0.25) is 0 Å². The van der Waals surface area contributed by atoms with Crippen LogP contribution in [0.15, 0.2) is 79.1 Å². The molecule has 1 heterocycles. The van der Waals surface area contributed by atoms with Crippen molar-refractivity contribution in [3.8, 4) is 0 Å². The van der Waals surface area contributed by atoms with Crippen LogP contribution < -0.4 is 15.9 Å². The Morgan fingerprint density at radius 1 is 0.682 bits per heavy atom. The Morgan fingerprint density at radius 3 is 1.64 bits per heavy atom. The molecule has 0 N–H and O–H groups in total. The Bertz CT molecular complexity index is 616. The molecular formula is C19H20N2P+. The van der Waals surface area contributed by atoms with Gasteiger partial charge in [0.05, 0.1) is 18.1 Å². The van der Waals surface area contributed by atoms with E-state index in [9.17, 15) is 0 Å². The molecule has 2 nitrogen and oxygen atoms in total. The summed E-state index contributed by atoms with van der Waals surface area (Å²) in [7, 11) is -1.73. The van der Waals surface area contributed by atoms with E-state index in [0.717, 1.165) is 0 Å². The van der Waals surface area contributed by atoms with Crippen molar-refractivity contribution in [3.05, 3.63) is 79.1 Å². The molecule has 2 aromatic carbocycles. The van der Waals surface area contributed by atoms with Crippen LogP contribution in [0.5, 0.6) is 0 Å². The van der Waals surface area contributed by atoms with E-state index in [2.05, 4.69) is 90.8 Å². The first kappa shape index (κ1) is 14.9. The number of benzene rings is 2. The third kappa shape index (κ3) is 2.44. The average Bonchev–Trinajstić information content (AvgIpc) is 2.58. The molecule has 0 saturated heterocycles. The highest BCUT2D eigenvalue weighted by molar-refractivity contribution is 7.96. The quantitative estimate of drug-likeness (QED) is 0.692. The predicted octanol–water partition coefficient (Wildman–Crippen LogP) is 3.18. The van der Waals surface area contributed by atoms with Crippen molar-refractivity contribution in [2.45, 2.75) is 19.5 Å². The van der Waals surface area contributed by atoms with Gasteiger partial charge in [-0.1, -0.05) is 36.4 Å². The van der Waals surface area contributed by atoms with E-state index in [4.69, 9.17) is 0 Å². The summed E-state index contributed by atoms with van der Waals surface area (Å²) in [6, 6.07) is 23.8. The van der Waals surface area contributed by atoms with Gasteiger partial charge in [-0.3, -0.25) is 0 Å². The van der Waals surface area contributed by atoms with Crippen molar-refractivity contribution in [2.75, 3.05) is 0 Å². The summed E-state index contributed by atoms with van der Waals surface area (Å²) >= 11 is 0. The van der Waals surface area contributed by atoms with Gasteiger partial charge in [-0.05, 0) is 38.1 Å². The number of hydrogen-bond donors (Lipinski definition) is 0. The lowest BCUT2D eigenvalue weighted by molar-refractivity contribution is 1.03. The topological polar surface area (TPSA) is 25.8 Å². The molecule has 0 unspecified atom stereocenters. The maximum absolute atomic E-state index is 4.16. The van der Waals surface area contributed by atoms with Gasteiger partial charge in [-0.2, -0.15) is 10.2 Å². The van der Waals surface area contributed by atoms with Crippen molar-refractivity contribution in [1.82, 2.24) is 10.2 Å². The first-order chi connectivity index (χ1) is 10.8. The Kier molecular flexibility index (Phi) is 4.31. The molecule has 0 saturated carbocycles. The third-order valence-corrected chi connectivity index (χ3v) is 8.93. The minimum atomic E-state index is -1.73. The maximum atomic E-state index is 4.16. The maximum Gasteiger partial charge on any atom is 0.126 e. The normalized spacial score (nSPS) is 11.6. The SMILES string of the molecule is CC(C)[P+](c1ccccc1)(c1ccccc1)c1ccnnc1. The third-order valence-electron chi connectivity index (χ3n) is 4.08. The van der Waals surface area contributed by atoms with Crippen LogP contribution in [0.4, 0.5) is 0 Å². The van der Waals surface area contributed by atoms with E-state index < -0.39 is 7.26 Å². The van der Waals surface area contributed by atoms with Crippen LogP contribution in [-0.4, -0.2) is 15.9 Å². The van der Waals surface area contributed by atoms with Crippen LogP contribution in [-0.2, 0) is 0 Å². The monoisotopic (exact) mass is 307 g/mol. The molecule has 0 amide bonds. The van der Waals surface area contributed by atoms with E-state index in [1.165, 1.54) is 15.9 Å². The van der Waals surface area contributed by atoms with Crippen LogP contribution in [0, 0.1) is 0 Å². The summed E-state index contributed by atoms with van der Waals surface area (Å²) in [6.45, 7) is 4.63. The van der Waals surface area contributed by atoms with Crippen molar-refractivity contribution >= 4 is 23.2 Å². The molecule has 3 rings (SSSR count). The van der Waals surface area contributed by atoms with Gasteiger partial charge in [0.15, 0.2) is 0 Å². The van der Waals surface area contributed by atoms with E-state index in [1.54, 1.807) is 6.20 Å². The largest absolute Gasteiger partial charge is 0.159 e. The lowest BCUT2D eigenvalue weighted by Crippen LogP contribution is -2.36. The zero-order valence-corrected chi connectivity index (χ0v) is 13.8. The van der Waals surface area contributed by atoms with Crippen molar-refractivity contribution < 1.29 is 0 Å². The van der Waals surface area contributed by atoms with E-state index >= 15 is 0 Å².